The number of hydrogen-bond acceptors (Lipinski definition) is 2. The molecule has 2 aromatic rings. The van der Waals surface area contributed by atoms with E-state index in [-0.39, 0.29) is 5.41 Å². The fraction of sp³-hybridized carbons (Fsp3) is 0.588. The summed E-state index contributed by atoms with van der Waals surface area (Å²) in [7, 11) is 0. The van der Waals surface area contributed by atoms with Crippen molar-refractivity contribution < 1.29 is 0 Å². The summed E-state index contributed by atoms with van der Waals surface area (Å²) in [6.45, 7) is 4.50. The van der Waals surface area contributed by atoms with E-state index in [0.717, 1.165) is 60.2 Å². The lowest BCUT2D eigenvalue weighted by Gasteiger charge is -2.54. The van der Waals surface area contributed by atoms with Crippen molar-refractivity contribution in [2.75, 3.05) is 0 Å². The molecular formula is C34H43ClN2. The van der Waals surface area contributed by atoms with Crippen molar-refractivity contribution in [3.63, 3.8) is 0 Å². The molecule has 3 aliphatic rings. The molecule has 0 aliphatic heterocycles. The van der Waals surface area contributed by atoms with Crippen LogP contribution in [0.5, 0.6) is 0 Å². The van der Waals surface area contributed by atoms with Gasteiger partial charge in [-0.1, -0.05) is 81.8 Å². The topological polar surface area (TPSA) is 47.6 Å². The Morgan fingerprint density at radius 1 is 0.730 bits per heavy atom. The molecular weight excluding hydrogens is 472 g/mol. The molecule has 0 saturated heterocycles. The fourth-order valence-corrected chi connectivity index (χ4v) is 7.43. The second-order valence-corrected chi connectivity index (χ2v) is 12.3. The number of halogens is 1. The van der Waals surface area contributed by atoms with Gasteiger partial charge in [0, 0.05) is 5.02 Å². The molecule has 37 heavy (non-hydrogen) atoms. The molecule has 2 aromatic carbocycles. The van der Waals surface area contributed by atoms with E-state index in [1.807, 2.05) is 0 Å². The Labute approximate surface area is 230 Å². The molecule has 0 spiro atoms. The number of rotatable bonds is 12. The van der Waals surface area contributed by atoms with Gasteiger partial charge in [-0.3, -0.25) is 0 Å². The first-order valence-electron chi connectivity index (χ1n) is 14.7. The van der Waals surface area contributed by atoms with Gasteiger partial charge < -0.3 is 0 Å². The van der Waals surface area contributed by atoms with Crippen molar-refractivity contribution >= 4 is 11.6 Å². The number of fused-ring (bicyclic) bond motifs is 3. The van der Waals surface area contributed by atoms with Crippen LogP contribution in [0.3, 0.4) is 0 Å². The molecule has 196 valence electrons. The zero-order valence-corrected chi connectivity index (χ0v) is 23.7. The lowest BCUT2D eigenvalue weighted by molar-refractivity contribution is 0.0304. The largest absolute Gasteiger partial charge is 0.192 e. The van der Waals surface area contributed by atoms with Gasteiger partial charge in [-0.15, -0.1) is 0 Å². The number of benzene rings is 2. The van der Waals surface area contributed by atoms with Crippen LogP contribution in [0.15, 0.2) is 30.3 Å². The van der Waals surface area contributed by atoms with Crippen LogP contribution in [0.25, 0.3) is 0 Å². The summed E-state index contributed by atoms with van der Waals surface area (Å²) >= 11 is 6.64. The average molecular weight is 515 g/mol. The Kier molecular flexibility index (Phi) is 9.37. The van der Waals surface area contributed by atoms with Gasteiger partial charge in [-0.05, 0) is 110 Å². The van der Waals surface area contributed by atoms with E-state index in [4.69, 9.17) is 11.6 Å². The Hall–Kier alpha value is -2.29. The van der Waals surface area contributed by atoms with Crippen molar-refractivity contribution in [2.24, 2.45) is 5.41 Å². The third-order valence-electron chi connectivity index (χ3n) is 9.65. The van der Waals surface area contributed by atoms with E-state index < -0.39 is 0 Å². The summed E-state index contributed by atoms with van der Waals surface area (Å²) in [6.07, 6.45) is 18.9. The van der Waals surface area contributed by atoms with Crippen LogP contribution in [-0.2, 0) is 24.7 Å². The summed E-state index contributed by atoms with van der Waals surface area (Å²) < 4.78 is 0. The van der Waals surface area contributed by atoms with Crippen molar-refractivity contribution in [1.29, 1.82) is 10.5 Å². The molecule has 0 unspecified atom stereocenters. The Bertz CT molecular complexity index is 1140. The molecule has 0 atom stereocenters. The fourth-order valence-electron chi connectivity index (χ4n) is 7.13. The van der Waals surface area contributed by atoms with E-state index in [0.29, 0.717) is 16.5 Å². The number of nitriles is 2. The smallest absolute Gasteiger partial charge is 0.101 e. The molecule has 3 fully saturated rings. The van der Waals surface area contributed by atoms with Gasteiger partial charge in [0.1, 0.15) is 12.1 Å². The maximum absolute atomic E-state index is 10.2. The summed E-state index contributed by atoms with van der Waals surface area (Å²) in [5.41, 5.74) is 6.37. The van der Waals surface area contributed by atoms with Crippen LogP contribution in [0, 0.1) is 28.1 Å². The SMILES string of the molecule is CCCCCc1ccc(CCc2ccc(C34CCC(CCCCC)(CC3)CC4)c(C#N)c2C#N)c(Cl)c1. The van der Waals surface area contributed by atoms with E-state index >= 15 is 0 Å². The highest BCUT2D eigenvalue weighted by molar-refractivity contribution is 6.31. The van der Waals surface area contributed by atoms with E-state index in [1.165, 1.54) is 69.8 Å². The zero-order chi connectivity index (χ0) is 26.3. The van der Waals surface area contributed by atoms with Crippen LogP contribution in [0.2, 0.25) is 5.02 Å². The minimum Gasteiger partial charge on any atom is -0.192 e. The highest BCUT2D eigenvalue weighted by Crippen LogP contribution is 2.60. The molecule has 2 nitrogen and oxygen atoms in total. The lowest BCUT2D eigenvalue weighted by Crippen LogP contribution is -2.44. The standard InChI is InChI=1S/C34H43ClN2/c1-3-5-7-9-26-10-11-28(32(35)23-26)13-12-27-14-15-31(30(25-37)29(27)24-36)34-20-17-33(18-21-34,19-22-34)16-8-6-4-2/h10-11,14-15,23H,3-9,12-13,16-22H2,1-2H3. The van der Waals surface area contributed by atoms with Gasteiger partial charge in [0.05, 0.1) is 11.1 Å². The molecule has 3 saturated carbocycles. The molecule has 5 rings (SSSR count). The Morgan fingerprint density at radius 2 is 1.35 bits per heavy atom. The number of unbranched alkanes of at least 4 members (excludes halogenated alkanes) is 4. The van der Waals surface area contributed by atoms with Gasteiger partial charge in [-0.2, -0.15) is 10.5 Å². The van der Waals surface area contributed by atoms with Gasteiger partial charge in [-0.25, -0.2) is 0 Å². The molecule has 0 aromatic heterocycles. The Morgan fingerprint density at radius 3 is 1.97 bits per heavy atom. The average Bonchev–Trinajstić information content (AvgIpc) is 2.93. The number of hydrogen-bond donors (Lipinski definition) is 0. The highest BCUT2D eigenvalue weighted by Gasteiger charge is 2.49. The van der Waals surface area contributed by atoms with Crippen molar-refractivity contribution in [3.05, 3.63) is 68.7 Å². The summed E-state index contributed by atoms with van der Waals surface area (Å²) in [5.74, 6) is 0. The van der Waals surface area contributed by atoms with E-state index in [2.05, 4.69) is 56.3 Å². The first-order valence-corrected chi connectivity index (χ1v) is 15.1. The maximum atomic E-state index is 10.2. The van der Waals surface area contributed by atoms with E-state index in [9.17, 15) is 10.5 Å². The van der Waals surface area contributed by atoms with E-state index in [1.54, 1.807) is 0 Å². The molecule has 0 amide bonds. The van der Waals surface area contributed by atoms with Crippen LogP contribution >= 0.6 is 11.6 Å². The molecule has 2 bridgehead atoms. The first kappa shape index (κ1) is 27.7. The third-order valence-corrected chi connectivity index (χ3v) is 10.0. The molecule has 0 radical (unpaired) electrons. The monoisotopic (exact) mass is 514 g/mol. The van der Waals surface area contributed by atoms with Gasteiger partial charge >= 0.3 is 0 Å². The quantitative estimate of drug-likeness (QED) is 0.264. The summed E-state index contributed by atoms with van der Waals surface area (Å²) in [6, 6.07) is 15.7. The predicted octanol–water partition coefficient (Wildman–Crippen LogP) is 9.77. The predicted molar refractivity (Wildman–Crippen MR) is 154 cm³/mol. The van der Waals surface area contributed by atoms with Crippen LogP contribution in [0.1, 0.15) is 131 Å². The van der Waals surface area contributed by atoms with Crippen molar-refractivity contribution in [3.8, 4) is 12.1 Å². The third kappa shape index (κ3) is 6.07. The maximum Gasteiger partial charge on any atom is 0.101 e. The lowest BCUT2D eigenvalue weighted by atomic mass is 9.50. The minimum atomic E-state index is 0.0820. The molecule has 0 N–H and O–H groups in total. The molecule has 0 heterocycles. The highest BCUT2D eigenvalue weighted by atomic mass is 35.5. The second kappa shape index (κ2) is 12.5. The van der Waals surface area contributed by atoms with Gasteiger partial charge in [0.2, 0.25) is 0 Å². The van der Waals surface area contributed by atoms with Crippen molar-refractivity contribution in [2.45, 2.75) is 122 Å². The van der Waals surface area contributed by atoms with Gasteiger partial charge in [0.25, 0.3) is 0 Å². The zero-order valence-electron chi connectivity index (χ0n) is 23.0. The van der Waals surface area contributed by atoms with Crippen LogP contribution in [0.4, 0.5) is 0 Å². The second-order valence-electron chi connectivity index (χ2n) is 11.9. The normalized spacial score (nSPS) is 22.5. The van der Waals surface area contributed by atoms with Gasteiger partial charge in [0.15, 0.2) is 0 Å². The minimum absolute atomic E-state index is 0.0820. The number of nitrogens with zero attached hydrogens (tertiary/aromatic N) is 2. The summed E-state index contributed by atoms with van der Waals surface area (Å²) in [5, 5.41) is 21.2. The first-order chi connectivity index (χ1) is 18.0. The van der Waals surface area contributed by atoms with Crippen LogP contribution < -0.4 is 0 Å². The summed E-state index contributed by atoms with van der Waals surface area (Å²) in [4.78, 5) is 0. The molecule has 3 heteroatoms. The van der Waals surface area contributed by atoms with Crippen LogP contribution in [-0.4, -0.2) is 0 Å². The van der Waals surface area contributed by atoms with Crippen molar-refractivity contribution in [1.82, 2.24) is 0 Å². The number of aryl methyl sites for hydroxylation is 3. The Balaban J connectivity index is 1.49. The molecule has 3 aliphatic carbocycles.